The van der Waals surface area contributed by atoms with Crippen LogP contribution in [0.3, 0.4) is 0 Å². The highest BCUT2D eigenvalue weighted by atomic mass is 19.3. The summed E-state index contributed by atoms with van der Waals surface area (Å²) in [6, 6.07) is 7.76. The van der Waals surface area contributed by atoms with Gasteiger partial charge in [0.2, 0.25) is 0 Å². The summed E-state index contributed by atoms with van der Waals surface area (Å²) in [5, 5.41) is 4.09. The van der Waals surface area contributed by atoms with E-state index in [1.165, 1.54) is 26.0 Å². The number of nitrogens with zero attached hydrogens (tertiary/aromatic N) is 3. The molecule has 0 bridgehead atoms. The van der Waals surface area contributed by atoms with E-state index in [1.54, 1.807) is 13.0 Å². The molecule has 1 aliphatic rings. The number of alkyl halides is 2. The van der Waals surface area contributed by atoms with E-state index in [1.807, 2.05) is 6.92 Å². The Kier molecular flexibility index (Phi) is 7.04. The van der Waals surface area contributed by atoms with Crippen LogP contribution in [0.5, 0.6) is 0 Å². The van der Waals surface area contributed by atoms with E-state index >= 15 is 4.39 Å². The Bertz CT molecular complexity index is 1350. The van der Waals surface area contributed by atoms with Crippen LogP contribution in [0.4, 0.5) is 24.7 Å². The predicted octanol–water partition coefficient (Wildman–Crippen LogP) is 8.41. The lowest BCUT2D eigenvalue weighted by Gasteiger charge is -2.25. The van der Waals surface area contributed by atoms with Crippen LogP contribution in [0, 0.1) is 18.7 Å². The SMILES string of the molecule is C=C1N(CCCC)c2cc3c(N[C@H](C)c4cccc(C(F)(F)C(C)C)c4F)nc(C)nc3cc2C1(C)C. The van der Waals surface area contributed by atoms with Gasteiger partial charge in [-0.2, -0.15) is 0 Å². The van der Waals surface area contributed by atoms with Crippen molar-refractivity contribution < 1.29 is 13.2 Å². The summed E-state index contributed by atoms with van der Waals surface area (Å²) in [5.41, 5.74) is 3.41. The number of halogens is 3. The topological polar surface area (TPSA) is 41.0 Å². The van der Waals surface area contributed by atoms with Gasteiger partial charge in [-0.15, -0.1) is 0 Å². The Hall–Kier alpha value is -3.09. The van der Waals surface area contributed by atoms with Crippen molar-refractivity contribution in [3.8, 4) is 0 Å². The molecule has 4 rings (SSSR count). The maximum absolute atomic E-state index is 15.4. The summed E-state index contributed by atoms with van der Waals surface area (Å²) in [6.07, 6.45) is 2.11. The molecule has 1 aromatic heterocycles. The van der Waals surface area contributed by atoms with Gasteiger partial charge in [-0.3, -0.25) is 0 Å². The van der Waals surface area contributed by atoms with E-state index in [-0.39, 0.29) is 11.0 Å². The lowest BCUT2D eigenvalue weighted by Crippen LogP contribution is -2.25. The zero-order valence-electron chi connectivity index (χ0n) is 22.8. The third kappa shape index (κ3) is 4.57. The third-order valence-electron chi connectivity index (χ3n) is 7.60. The molecule has 1 atom stereocenters. The average molecular weight is 511 g/mol. The summed E-state index contributed by atoms with van der Waals surface area (Å²) in [7, 11) is 0. The lowest BCUT2D eigenvalue weighted by atomic mass is 9.84. The van der Waals surface area contributed by atoms with Crippen LogP contribution in [0.1, 0.15) is 82.9 Å². The van der Waals surface area contributed by atoms with Gasteiger partial charge in [0.05, 0.1) is 17.1 Å². The number of hydrogen-bond donors (Lipinski definition) is 1. The Balaban J connectivity index is 1.79. The number of aromatic nitrogens is 2. The summed E-state index contributed by atoms with van der Waals surface area (Å²) in [5.74, 6) is -4.06. The molecule has 37 heavy (non-hydrogen) atoms. The smallest absolute Gasteiger partial charge is 0.278 e. The molecule has 0 radical (unpaired) electrons. The molecule has 4 nitrogen and oxygen atoms in total. The maximum Gasteiger partial charge on any atom is 0.278 e. The van der Waals surface area contributed by atoms with Crippen molar-refractivity contribution >= 4 is 22.4 Å². The molecule has 3 aromatic rings. The molecular weight excluding hydrogens is 473 g/mol. The van der Waals surface area contributed by atoms with Crippen molar-refractivity contribution in [1.82, 2.24) is 9.97 Å². The number of benzene rings is 2. The first kappa shape index (κ1) is 27.0. The number of hydrogen-bond acceptors (Lipinski definition) is 4. The highest BCUT2D eigenvalue weighted by Gasteiger charge is 2.40. The normalized spacial score (nSPS) is 16.0. The molecular formula is C30H37F3N4. The van der Waals surface area contributed by atoms with Crippen LogP contribution in [0.25, 0.3) is 10.9 Å². The summed E-state index contributed by atoms with van der Waals surface area (Å²) in [6.45, 7) is 18.1. The molecule has 0 spiro atoms. The monoisotopic (exact) mass is 510 g/mol. The van der Waals surface area contributed by atoms with Crippen molar-refractivity contribution in [2.24, 2.45) is 5.92 Å². The standard InChI is InChI=1S/C30H37F3N4/c1-9-10-14-37-19(5)29(7,8)24-16-25-22(15-26(24)37)28(36-20(6)35-25)34-18(4)21-12-11-13-23(27(21)31)30(32,33)17(2)3/h11-13,15-18H,5,9-10,14H2,1-4,6-8H3,(H,34,35,36)/t18-/m1/s1. The van der Waals surface area contributed by atoms with Crippen LogP contribution < -0.4 is 10.2 Å². The predicted molar refractivity (Wildman–Crippen MR) is 146 cm³/mol. The number of nitrogens with one attached hydrogen (secondary N) is 1. The molecule has 2 heterocycles. The molecule has 2 aromatic carbocycles. The molecule has 0 saturated carbocycles. The Morgan fingerprint density at radius 3 is 2.49 bits per heavy atom. The number of anilines is 2. The van der Waals surface area contributed by atoms with Crippen molar-refractivity contribution in [1.29, 1.82) is 0 Å². The summed E-state index contributed by atoms with van der Waals surface area (Å²) < 4.78 is 44.8. The number of rotatable bonds is 8. The second kappa shape index (κ2) is 9.66. The van der Waals surface area contributed by atoms with Gasteiger partial charge in [0.25, 0.3) is 5.92 Å². The van der Waals surface area contributed by atoms with Crippen molar-refractivity contribution in [2.75, 3.05) is 16.8 Å². The van der Waals surface area contributed by atoms with Gasteiger partial charge in [-0.05, 0) is 38.0 Å². The molecule has 7 heteroatoms. The minimum atomic E-state index is -3.27. The Labute approximate surface area is 218 Å². The molecule has 0 aliphatic carbocycles. The van der Waals surface area contributed by atoms with Crippen LogP contribution >= 0.6 is 0 Å². The van der Waals surface area contributed by atoms with E-state index in [2.05, 4.69) is 59.7 Å². The maximum atomic E-state index is 15.4. The van der Waals surface area contributed by atoms with Gasteiger partial charge in [-0.25, -0.2) is 23.1 Å². The molecule has 0 saturated heterocycles. The van der Waals surface area contributed by atoms with E-state index in [0.29, 0.717) is 11.6 Å². The summed E-state index contributed by atoms with van der Waals surface area (Å²) in [4.78, 5) is 11.6. The quantitative estimate of drug-likeness (QED) is 0.330. The van der Waals surface area contributed by atoms with Crippen LogP contribution in [0.2, 0.25) is 0 Å². The molecule has 198 valence electrons. The average Bonchev–Trinajstić information content (AvgIpc) is 3.01. The van der Waals surface area contributed by atoms with Gasteiger partial charge >= 0.3 is 0 Å². The first-order valence-corrected chi connectivity index (χ1v) is 13.0. The number of unbranched alkanes of at least 4 members (excludes halogenated alkanes) is 1. The molecule has 1 aliphatic heterocycles. The zero-order valence-corrected chi connectivity index (χ0v) is 22.8. The largest absolute Gasteiger partial charge is 0.363 e. The number of aryl methyl sites for hydroxylation is 1. The fraction of sp³-hybridized carbons (Fsp3) is 0.467. The fourth-order valence-electron chi connectivity index (χ4n) is 5.06. The molecule has 0 fully saturated rings. The Morgan fingerprint density at radius 1 is 1.14 bits per heavy atom. The zero-order chi connectivity index (χ0) is 27.3. The summed E-state index contributed by atoms with van der Waals surface area (Å²) >= 11 is 0. The van der Waals surface area contributed by atoms with Gasteiger partial charge in [-0.1, -0.05) is 65.8 Å². The molecule has 0 amide bonds. The van der Waals surface area contributed by atoms with Crippen molar-refractivity contribution in [3.05, 3.63) is 70.9 Å². The van der Waals surface area contributed by atoms with Crippen molar-refractivity contribution in [3.63, 3.8) is 0 Å². The molecule has 1 N–H and O–H groups in total. The van der Waals surface area contributed by atoms with Gasteiger partial charge < -0.3 is 10.2 Å². The Morgan fingerprint density at radius 2 is 1.84 bits per heavy atom. The van der Waals surface area contributed by atoms with Crippen LogP contribution in [-0.4, -0.2) is 16.5 Å². The van der Waals surface area contributed by atoms with E-state index in [0.717, 1.165) is 47.2 Å². The van der Waals surface area contributed by atoms with E-state index in [4.69, 9.17) is 0 Å². The van der Waals surface area contributed by atoms with Gasteiger partial charge in [0.15, 0.2) is 0 Å². The van der Waals surface area contributed by atoms with Crippen molar-refractivity contribution in [2.45, 2.75) is 78.7 Å². The van der Waals surface area contributed by atoms with Gasteiger partial charge in [0, 0.05) is 40.2 Å². The second-order valence-electron chi connectivity index (χ2n) is 10.9. The number of allylic oxidation sites excluding steroid dienone is 1. The number of fused-ring (bicyclic) bond motifs is 2. The lowest BCUT2D eigenvalue weighted by molar-refractivity contribution is -0.0545. The van der Waals surface area contributed by atoms with E-state index < -0.39 is 29.3 Å². The van der Waals surface area contributed by atoms with Crippen LogP contribution in [0.15, 0.2) is 42.6 Å². The second-order valence-corrected chi connectivity index (χ2v) is 10.9. The first-order valence-electron chi connectivity index (χ1n) is 13.0. The highest BCUT2D eigenvalue weighted by molar-refractivity contribution is 5.95. The van der Waals surface area contributed by atoms with E-state index in [9.17, 15) is 8.78 Å². The fourth-order valence-corrected chi connectivity index (χ4v) is 5.06. The minimum Gasteiger partial charge on any atom is -0.363 e. The van der Waals surface area contributed by atoms with Gasteiger partial charge in [0.1, 0.15) is 17.5 Å². The van der Waals surface area contributed by atoms with Crippen LogP contribution in [-0.2, 0) is 11.3 Å². The third-order valence-corrected chi connectivity index (χ3v) is 7.60. The molecule has 0 unspecified atom stereocenters. The highest BCUT2D eigenvalue weighted by Crippen LogP contribution is 2.49. The first-order chi connectivity index (χ1) is 17.3. The minimum absolute atomic E-state index is 0.169.